The molecule has 93 valence electrons. The average molecular weight is 244 g/mol. The molecule has 0 aromatic heterocycles. The van der Waals surface area contributed by atoms with Crippen molar-refractivity contribution >= 4 is 6.21 Å². The molecule has 0 N–H and O–H groups in total. The van der Waals surface area contributed by atoms with Crippen LogP contribution in [0.3, 0.4) is 0 Å². The summed E-state index contributed by atoms with van der Waals surface area (Å²) in [6, 6.07) is 4.77. The Hall–Kier alpha value is -1.52. The van der Waals surface area contributed by atoms with E-state index < -0.39 is 11.7 Å². The van der Waals surface area contributed by atoms with Crippen LogP contribution in [0.2, 0.25) is 0 Å². The Morgan fingerprint density at radius 1 is 1.41 bits per heavy atom. The van der Waals surface area contributed by atoms with Gasteiger partial charge in [0.05, 0.1) is 5.56 Å². The van der Waals surface area contributed by atoms with Crippen LogP contribution in [0.1, 0.15) is 31.4 Å². The zero-order valence-corrected chi connectivity index (χ0v) is 9.58. The molecule has 0 saturated heterocycles. The number of benzene rings is 1. The van der Waals surface area contributed by atoms with Crippen molar-refractivity contribution in [3.8, 4) is 0 Å². The van der Waals surface area contributed by atoms with Crippen LogP contribution in [0.15, 0.2) is 29.4 Å². The lowest BCUT2D eigenvalue weighted by Crippen LogP contribution is -2.05. The van der Waals surface area contributed by atoms with Crippen LogP contribution in [0.25, 0.3) is 0 Å². The summed E-state index contributed by atoms with van der Waals surface area (Å²) in [7, 11) is 0. The second-order valence-electron chi connectivity index (χ2n) is 3.61. The number of hydrogen-bond acceptors (Lipinski definition) is 2. The summed E-state index contributed by atoms with van der Waals surface area (Å²) in [6.45, 7) is 3.74. The molecule has 17 heavy (non-hydrogen) atoms. The molecule has 0 aliphatic heterocycles. The van der Waals surface area contributed by atoms with E-state index >= 15 is 0 Å². The minimum absolute atomic E-state index is 0.0756. The molecule has 1 aromatic carbocycles. The lowest BCUT2D eigenvalue weighted by atomic mass is 10.1. The fourth-order valence-corrected chi connectivity index (χ4v) is 1.01. The van der Waals surface area contributed by atoms with Gasteiger partial charge in [0, 0.05) is 5.56 Å². The van der Waals surface area contributed by atoms with Crippen molar-refractivity contribution in [3.05, 3.63) is 35.4 Å². The van der Waals surface area contributed by atoms with E-state index in [-0.39, 0.29) is 11.7 Å². The van der Waals surface area contributed by atoms with E-state index in [4.69, 9.17) is 4.84 Å². The van der Waals surface area contributed by atoms with Crippen LogP contribution in [0.4, 0.5) is 13.2 Å². The number of alkyl halides is 3. The van der Waals surface area contributed by atoms with Crippen molar-refractivity contribution in [1.82, 2.24) is 0 Å². The lowest BCUT2D eigenvalue weighted by molar-refractivity contribution is -0.137. The molecule has 5 heteroatoms. The Morgan fingerprint density at radius 3 is 2.71 bits per heavy atom. The molecular weight excluding hydrogens is 231 g/mol. The third-order valence-corrected chi connectivity index (χ3v) is 2.17. The van der Waals surface area contributed by atoms with Crippen LogP contribution in [-0.4, -0.2) is 12.3 Å². The predicted molar refractivity (Wildman–Crippen MR) is 58.8 cm³/mol. The summed E-state index contributed by atoms with van der Waals surface area (Å²) in [4.78, 5) is 4.95. The van der Waals surface area contributed by atoms with Crippen LogP contribution in [-0.2, 0) is 11.0 Å². The summed E-state index contributed by atoms with van der Waals surface area (Å²) >= 11 is 0. The van der Waals surface area contributed by atoms with E-state index in [2.05, 4.69) is 11.4 Å². The number of hydrogen-bond donors (Lipinski definition) is 0. The zero-order valence-electron chi connectivity index (χ0n) is 9.58. The van der Waals surface area contributed by atoms with Crippen LogP contribution in [0, 0.1) is 0 Å². The van der Waals surface area contributed by atoms with E-state index in [1.807, 2.05) is 13.8 Å². The normalized spacial score (nSPS) is 13.9. The average Bonchev–Trinajstić information content (AvgIpc) is 2.28. The van der Waals surface area contributed by atoms with Crippen molar-refractivity contribution in [3.63, 3.8) is 0 Å². The fraction of sp³-hybridized carbons (Fsp3) is 0.417. The maximum absolute atomic E-state index is 12.4. The minimum atomic E-state index is -4.35. The molecule has 0 aliphatic rings. The smallest absolute Gasteiger partial charge is 0.392 e. The molecule has 0 saturated carbocycles. The third-order valence-electron chi connectivity index (χ3n) is 2.17. The first kappa shape index (κ1) is 13.5. The van der Waals surface area contributed by atoms with Crippen molar-refractivity contribution in [2.45, 2.75) is 32.5 Å². The summed E-state index contributed by atoms with van der Waals surface area (Å²) in [5, 5.41) is 3.52. The molecule has 0 fully saturated rings. The molecule has 1 unspecified atom stereocenters. The number of halogens is 3. The highest BCUT2D eigenvalue weighted by atomic mass is 19.4. The van der Waals surface area contributed by atoms with Crippen molar-refractivity contribution in [2.75, 3.05) is 0 Å². The molecule has 0 amide bonds. The molecule has 1 rings (SSSR count). The van der Waals surface area contributed by atoms with Crippen molar-refractivity contribution in [1.29, 1.82) is 0 Å². The second-order valence-corrected chi connectivity index (χ2v) is 3.61. The Balaban J connectivity index is 2.73. The van der Waals surface area contributed by atoms with Crippen LogP contribution < -0.4 is 0 Å². The van der Waals surface area contributed by atoms with Gasteiger partial charge >= 0.3 is 6.18 Å². The van der Waals surface area contributed by atoms with E-state index in [0.29, 0.717) is 0 Å². The van der Waals surface area contributed by atoms with Gasteiger partial charge in [0.15, 0.2) is 0 Å². The first-order chi connectivity index (χ1) is 7.93. The van der Waals surface area contributed by atoms with Gasteiger partial charge < -0.3 is 4.84 Å². The fourth-order valence-electron chi connectivity index (χ4n) is 1.01. The van der Waals surface area contributed by atoms with E-state index in [9.17, 15) is 13.2 Å². The van der Waals surface area contributed by atoms with Crippen molar-refractivity contribution < 1.29 is 18.0 Å². The summed E-state index contributed by atoms with van der Waals surface area (Å²) < 4.78 is 37.1. The Morgan fingerprint density at radius 2 is 2.12 bits per heavy atom. The lowest BCUT2D eigenvalue weighted by Gasteiger charge is -2.07. The highest BCUT2D eigenvalue weighted by molar-refractivity contribution is 5.79. The number of nitrogens with zero attached hydrogens (tertiary/aromatic N) is 1. The largest absolute Gasteiger partial charge is 0.416 e. The van der Waals surface area contributed by atoms with Gasteiger partial charge in [-0.15, -0.1) is 0 Å². The molecule has 1 atom stereocenters. The standard InChI is InChI=1S/C12H13F3NO/c1-3-9(2)17-16-8-10-5-4-6-11(7-10)12(13,14)15/h4-7,9H,3H2,1-2H3. The van der Waals surface area contributed by atoms with Gasteiger partial charge in [-0.05, 0) is 25.5 Å². The molecular formula is C12H13F3NO. The first-order valence-corrected chi connectivity index (χ1v) is 5.22. The van der Waals surface area contributed by atoms with E-state index in [1.165, 1.54) is 12.1 Å². The minimum Gasteiger partial charge on any atom is -0.392 e. The highest BCUT2D eigenvalue weighted by Crippen LogP contribution is 2.29. The van der Waals surface area contributed by atoms with E-state index in [1.54, 1.807) is 0 Å². The Kier molecular flexibility index (Phi) is 4.54. The monoisotopic (exact) mass is 244 g/mol. The quantitative estimate of drug-likeness (QED) is 0.584. The van der Waals surface area contributed by atoms with Gasteiger partial charge in [-0.25, -0.2) is 0 Å². The number of rotatable bonds is 4. The van der Waals surface area contributed by atoms with Gasteiger partial charge in [-0.3, -0.25) is 0 Å². The molecule has 0 spiro atoms. The van der Waals surface area contributed by atoms with Gasteiger partial charge in [-0.1, -0.05) is 24.2 Å². The molecule has 1 aromatic rings. The molecule has 2 nitrogen and oxygen atoms in total. The molecule has 0 heterocycles. The topological polar surface area (TPSA) is 21.6 Å². The molecule has 0 bridgehead atoms. The van der Waals surface area contributed by atoms with Crippen LogP contribution >= 0.6 is 0 Å². The highest BCUT2D eigenvalue weighted by Gasteiger charge is 2.30. The van der Waals surface area contributed by atoms with Gasteiger partial charge in [0.2, 0.25) is 0 Å². The maximum Gasteiger partial charge on any atom is 0.416 e. The molecule has 0 aliphatic carbocycles. The maximum atomic E-state index is 12.4. The Labute approximate surface area is 98.1 Å². The van der Waals surface area contributed by atoms with Gasteiger partial charge in [-0.2, -0.15) is 13.2 Å². The predicted octanol–water partition coefficient (Wildman–Crippen LogP) is 3.73. The zero-order chi connectivity index (χ0) is 12.9. The van der Waals surface area contributed by atoms with Gasteiger partial charge in [0.25, 0.3) is 0 Å². The third kappa shape index (κ3) is 4.46. The Bertz CT molecular complexity index is 388. The van der Waals surface area contributed by atoms with Crippen LogP contribution in [0.5, 0.6) is 0 Å². The second kappa shape index (κ2) is 5.70. The summed E-state index contributed by atoms with van der Waals surface area (Å²) in [5.41, 5.74) is -0.482. The SMILES string of the molecule is CCC(C)O/N=[C]/c1cccc(C(F)(F)F)c1. The summed E-state index contributed by atoms with van der Waals surface area (Å²) in [6.07, 6.45) is -1.23. The first-order valence-electron chi connectivity index (χ1n) is 5.22. The van der Waals surface area contributed by atoms with Crippen molar-refractivity contribution in [2.24, 2.45) is 5.16 Å². The van der Waals surface area contributed by atoms with E-state index in [0.717, 1.165) is 18.6 Å². The molecule has 1 radical (unpaired) electrons. The van der Waals surface area contributed by atoms with Gasteiger partial charge in [0.1, 0.15) is 12.3 Å². The summed E-state index contributed by atoms with van der Waals surface area (Å²) in [5.74, 6) is 0.